The molecule has 12 heavy (non-hydrogen) atoms. The molecule has 0 aliphatic heterocycles. The van der Waals surface area contributed by atoms with Crippen LogP contribution in [0, 0.1) is 0 Å². The number of carbonyl (C=O) groups is 1. The van der Waals surface area contributed by atoms with E-state index in [4.69, 9.17) is 10.00 Å². The van der Waals surface area contributed by atoms with Crippen LogP contribution < -0.4 is 0 Å². The van der Waals surface area contributed by atoms with Crippen LogP contribution in [0.25, 0.3) is 0 Å². The number of hydrogen-bond donors (Lipinski definition) is 2. The van der Waals surface area contributed by atoms with Gasteiger partial charge in [-0.25, -0.2) is 4.79 Å². The maximum Gasteiger partial charge on any atom is 0.507 e. The molecule has 0 bridgehead atoms. The van der Waals surface area contributed by atoms with Crippen molar-refractivity contribution in [1.29, 1.82) is 0 Å². The van der Waals surface area contributed by atoms with Gasteiger partial charge in [0.2, 0.25) is 6.79 Å². The number of methoxy groups -OCH3 is 1. The average Bonchev–Trinajstić information content (AvgIpc) is 1.85. The molecule has 8 heteroatoms. The molecule has 0 saturated carbocycles. The van der Waals surface area contributed by atoms with E-state index in [1.165, 1.54) is 7.11 Å². The Kier molecular flexibility index (Phi) is 4.84. The van der Waals surface area contributed by atoms with E-state index < -0.39 is 26.9 Å². The van der Waals surface area contributed by atoms with Gasteiger partial charge in [-0.15, -0.1) is 0 Å². The molecule has 7 nitrogen and oxygen atoms in total. The van der Waals surface area contributed by atoms with Crippen molar-refractivity contribution in [3.63, 3.8) is 0 Å². The highest BCUT2D eigenvalue weighted by molar-refractivity contribution is 7.52. The zero-order chi connectivity index (χ0) is 9.61. The SMILES string of the molecule is COCP(=O)(O)OCOC(=O)O. The molecule has 72 valence electrons. The summed E-state index contributed by atoms with van der Waals surface area (Å²) in [4.78, 5) is 18.5. The lowest BCUT2D eigenvalue weighted by molar-refractivity contribution is 0.0183. The van der Waals surface area contributed by atoms with Crippen molar-refractivity contribution < 1.29 is 33.4 Å². The molecular weight excluding hydrogens is 191 g/mol. The van der Waals surface area contributed by atoms with E-state index in [0.717, 1.165) is 0 Å². The predicted molar refractivity (Wildman–Crippen MR) is 36.8 cm³/mol. The highest BCUT2D eigenvalue weighted by atomic mass is 31.2. The maximum atomic E-state index is 10.7. The Morgan fingerprint density at radius 2 is 2.17 bits per heavy atom. The lowest BCUT2D eigenvalue weighted by Gasteiger charge is -2.09. The second-order valence-corrected chi connectivity index (χ2v) is 3.50. The highest BCUT2D eigenvalue weighted by Crippen LogP contribution is 2.41. The summed E-state index contributed by atoms with van der Waals surface area (Å²) in [7, 11) is -2.65. The Hall–Kier alpha value is -0.620. The van der Waals surface area contributed by atoms with E-state index in [-0.39, 0.29) is 0 Å². The molecule has 1 unspecified atom stereocenters. The third-order valence-corrected chi connectivity index (χ3v) is 1.82. The second kappa shape index (κ2) is 5.10. The topological polar surface area (TPSA) is 102 Å². The van der Waals surface area contributed by atoms with Gasteiger partial charge in [0, 0.05) is 7.11 Å². The molecule has 0 aliphatic rings. The fourth-order valence-electron chi connectivity index (χ4n) is 0.360. The number of ether oxygens (including phenoxy) is 2. The summed E-state index contributed by atoms with van der Waals surface area (Å²) in [6.45, 7) is -0.785. The number of hydrogen-bond acceptors (Lipinski definition) is 5. The van der Waals surface area contributed by atoms with Gasteiger partial charge in [0.15, 0.2) is 0 Å². The first-order valence-electron chi connectivity index (χ1n) is 2.79. The molecular formula is C4H9O7P. The first-order chi connectivity index (χ1) is 5.48. The molecule has 0 aromatic rings. The lowest BCUT2D eigenvalue weighted by atomic mass is 11.3. The van der Waals surface area contributed by atoms with Gasteiger partial charge in [-0.3, -0.25) is 9.09 Å². The van der Waals surface area contributed by atoms with Crippen LogP contribution in [0.2, 0.25) is 0 Å². The molecule has 0 aromatic heterocycles. The van der Waals surface area contributed by atoms with Crippen LogP contribution in [0.1, 0.15) is 0 Å². The second-order valence-electron chi connectivity index (χ2n) is 1.71. The van der Waals surface area contributed by atoms with E-state index in [1.54, 1.807) is 0 Å². The summed E-state index contributed by atoms with van der Waals surface area (Å²) in [6, 6.07) is 0. The van der Waals surface area contributed by atoms with Crippen LogP contribution in [0.3, 0.4) is 0 Å². The van der Waals surface area contributed by atoms with E-state index in [1.807, 2.05) is 0 Å². The van der Waals surface area contributed by atoms with E-state index >= 15 is 0 Å². The molecule has 0 amide bonds. The van der Waals surface area contributed by atoms with Crippen molar-refractivity contribution in [1.82, 2.24) is 0 Å². The molecule has 0 radical (unpaired) electrons. The smallest absolute Gasteiger partial charge is 0.450 e. The Balaban J connectivity index is 3.61. The zero-order valence-electron chi connectivity index (χ0n) is 6.30. The summed E-state index contributed by atoms with van der Waals surface area (Å²) in [5, 5.41) is 7.94. The molecule has 1 atom stereocenters. The summed E-state index contributed by atoms with van der Waals surface area (Å²) in [6.07, 6.45) is -2.08. The van der Waals surface area contributed by atoms with Crippen molar-refractivity contribution in [2.24, 2.45) is 0 Å². The standard InChI is InChI=1S/C4H9O7P/c1-9-3-12(7,8)11-2-10-4(5)6/h2-3H2,1H3,(H,5,6)(H,7,8). The molecule has 0 aromatic carbocycles. The number of rotatable bonds is 5. The van der Waals surface area contributed by atoms with Crippen molar-refractivity contribution >= 4 is 13.8 Å². The molecule has 2 N–H and O–H groups in total. The monoisotopic (exact) mass is 200 g/mol. The Labute approximate surface area is 68.4 Å². The largest absolute Gasteiger partial charge is 0.507 e. The quantitative estimate of drug-likeness (QED) is 0.377. The Morgan fingerprint density at radius 3 is 2.58 bits per heavy atom. The van der Waals surface area contributed by atoms with Crippen molar-refractivity contribution in [3.8, 4) is 0 Å². The van der Waals surface area contributed by atoms with Crippen LogP contribution in [-0.4, -0.2) is 36.4 Å². The molecule has 0 heterocycles. The minimum Gasteiger partial charge on any atom is -0.450 e. The van der Waals surface area contributed by atoms with Crippen molar-refractivity contribution in [3.05, 3.63) is 0 Å². The molecule has 0 aliphatic carbocycles. The third kappa shape index (κ3) is 6.11. The van der Waals surface area contributed by atoms with Gasteiger partial charge in [0.05, 0.1) is 0 Å². The first-order valence-corrected chi connectivity index (χ1v) is 4.55. The minimum atomic E-state index is -3.86. The van der Waals surface area contributed by atoms with E-state index in [2.05, 4.69) is 14.0 Å². The lowest BCUT2D eigenvalue weighted by Crippen LogP contribution is -2.05. The minimum absolute atomic E-state index is 0.504. The van der Waals surface area contributed by atoms with E-state index in [0.29, 0.717) is 0 Å². The van der Waals surface area contributed by atoms with Gasteiger partial charge < -0.3 is 19.5 Å². The summed E-state index contributed by atoms with van der Waals surface area (Å²) >= 11 is 0. The summed E-state index contributed by atoms with van der Waals surface area (Å²) < 4.78 is 23.0. The van der Waals surface area contributed by atoms with Crippen LogP contribution in [0.4, 0.5) is 4.79 Å². The third-order valence-electron chi connectivity index (χ3n) is 0.729. The molecule has 0 fully saturated rings. The maximum absolute atomic E-state index is 10.7. The van der Waals surface area contributed by atoms with Crippen molar-refractivity contribution in [2.75, 3.05) is 20.3 Å². The van der Waals surface area contributed by atoms with Crippen molar-refractivity contribution in [2.45, 2.75) is 0 Å². The number of carboxylic acid groups (broad SMARTS) is 1. The Bertz CT molecular complexity index is 190. The van der Waals surface area contributed by atoms with Gasteiger partial charge in [0.25, 0.3) is 0 Å². The highest BCUT2D eigenvalue weighted by Gasteiger charge is 2.19. The fraction of sp³-hybridized carbons (Fsp3) is 0.750. The van der Waals surface area contributed by atoms with Gasteiger partial charge in [0.1, 0.15) is 6.35 Å². The first kappa shape index (κ1) is 11.4. The van der Waals surface area contributed by atoms with Crippen LogP contribution in [0.5, 0.6) is 0 Å². The Morgan fingerprint density at radius 1 is 1.58 bits per heavy atom. The van der Waals surface area contributed by atoms with E-state index in [9.17, 15) is 9.36 Å². The summed E-state index contributed by atoms with van der Waals surface area (Å²) in [5.74, 6) is 0. The average molecular weight is 200 g/mol. The molecule has 0 rings (SSSR count). The fourth-order valence-corrected chi connectivity index (χ4v) is 0.978. The van der Waals surface area contributed by atoms with Crippen LogP contribution in [-0.2, 0) is 18.6 Å². The van der Waals surface area contributed by atoms with Gasteiger partial charge in [-0.2, -0.15) is 0 Å². The summed E-state index contributed by atoms with van der Waals surface area (Å²) in [5.41, 5.74) is 0. The predicted octanol–water partition coefficient (Wildman–Crippen LogP) is 0.444. The van der Waals surface area contributed by atoms with Gasteiger partial charge in [-0.05, 0) is 0 Å². The van der Waals surface area contributed by atoms with Gasteiger partial charge >= 0.3 is 13.8 Å². The molecule has 0 saturated heterocycles. The zero-order valence-corrected chi connectivity index (χ0v) is 7.19. The van der Waals surface area contributed by atoms with Gasteiger partial charge in [-0.1, -0.05) is 0 Å². The van der Waals surface area contributed by atoms with Crippen LogP contribution >= 0.6 is 7.60 Å². The molecule has 0 spiro atoms. The normalized spacial score (nSPS) is 15.2. The van der Waals surface area contributed by atoms with Crippen LogP contribution in [0.15, 0.2) is 0 Å².